The van der Waals surface area contributed by atoms with E-state index >= 15 is 0 Å². The van der Waals surface area contributed by atoms with E-state index in [0.29, 0.717) is 0 Å². The summed E-state index contributed by atoms with van der Waals surface area (Å²) < 4.78 is 0. The minimum absolute atomic E-state index is 0.880. The molecule has 1 aliphatic carbocycles. The van der Waals surface area contributed by atoms with Crippen molar-refractivity contribution in [2.24, 2.45) is 5.92 Å². The van der Waals surface area contributed by atoms with Gasteiger partial charge in [-0.1, -0.05) is 27.2 Å². The van der Waals surface area contributed by atoms with Crippen molar-refractivity contribution < 1.29 is 0 Å². The maximum Gasteiger partial charge on any atom is 0.00919 e. The largest absolute Gasteiger partial charge is 0.306 e. The van der Waals surface area contributed by atoms with E-state index in [1.807, 2.05) is 13.8 Å². The van der Waals surface area contributed by atoms with Crippen LogP contribution in [0.5, 0.6) is 0 Å². The summed E-state index contributed by atoms with van der Waals surface area (Å²) in [5, 5.41) is 0. The molecule has 1 rings (SSSR count). The Morgan fingerprint density at radius 3 is 2.00 bits per heavy atom. The third-order valence-corrected chi connectivity index (χ3v) is 2.82. The predicted octanol–water partition coefficient (Wildman–Crippen LogP) is 3.15. The van der Waals surface area contributed by atoms with Crippen molar-refractivity contribution in [2.75, 3.05) is 14.1 Å². The van der Waals surface area contributed by atoms with Gasteiger partial charge in [0, 0.05) is 6.04 Å². The van der Waals surface area contributed by atoms with Gasteiger partial charge in [-0.25, -0.2) is 0 Å². The van der Waals surface area contributed by atoms with Crippen LogP contribution in [-0.2, 0) is 0 Å². The predicted molar refractivity (Wildman–Crippen MR) is 56.5 cm³/mol. The highest BCUT2D eigenvalue weighted by Gasteiger charge is 2.24. The molecule has 2 unspecified atom stereocenters. The van der Waals surface area contributed by atoms with Crippen molar-refractivity contribution in [3.8, 4) is 0 Å². The van der Waals surface area contributed by atoms with Gasteiger partial charge < -0.3 is 4.90 Å². The van der Waals surface area contributed by atoms with Crippen LogP contribution in [-0.4, -0.2) is 25.0 Å². The fourth-order valence-corrected chi connectivity index (χ4v) is 1.89. The van der Waals surface area contributed by atoms with Crippen LogP contribution < -0.4 is 0 Å². The highest BCUT2D eigenvalue weighted by atomic mass is 15.1. The molecule has 2 atom stereocenters. The average Bonchev–Trinajstić information content (AvgIpc) is 2.55. The van der Waals surface area contributed by atoms with E-state index in [1.165, 1.54) is 25.7 Å². The Balaban J connectivity index is 0.000000561. The van der Waals surface area contributed by atoms with Crippen LogP contribution in [0.3, 0.4) is 0 Å². The molecule has 0 aliphatic heterocycles. The molecule has 1 nitrogen and oxygen atoms in total. The maximum absolute atomic E-state index is 2.37. The summed E-state index contributed by atoms with van der Waals surface area (Å²) in [6, 6.07) is 0.880. The summed E-state index contributed by atoms with van der Waals surface area (Å²) in [6.07, 6.45) is 5.69. The first-order valence-electron chi connectivity index (χ1n) is 5.40. The molecule has 12 heavy (non-hydrogen) atoms. The first-order valence-corrected chi connectivity index (χ1v) is 5.40. The Morgan fingerprint density at radius 2 is 1.75 bits per heavy atom. The van der Waals surface area contributed by atoms with Crippen molar-refractivity contribution >= 4 is 0 Å². The highest BCUT2D eigenvalue weighted by Crippen LogP contribution is 2.29. The molecule has 0 N–H and O–H groups in total. The topological polar surface area (TPSA) is 3.24 Å². The molecule has 0 spiro atoms. The molecule has 0 heterocycles. The second-order valence-corrected chi connectivity index (χ2v) is 3.70. The molecule has 1 heteroatoms. The lowest BCUT2D eigenvalue weighted by Gasteiger charge is -2.18. The van der Waals surface area contributed by atoms with Gasteiger partial charge in [0.15, 0.2) is 0 Å². The standard InChI is InChI=1S/C9H19N.C2H6/c1-4-8-5-6-9(7-8)10(2)3;1-2/h8-9H,4-7H2,1-3H3;1-2H3. The van der Waals surface area contributed by atoms with Gasteiger partial charge in [0.05, 0.1) is 0 Å². The summed E-state index contributed by atoms with van der Waals surface area (Å²) in [7, 11) is 4.39. The Bertz CT molecular complexity index is 99.2. The lowest BCUT2D eigenvalue weighted by molar-refractivity contribution is 0.290. The number of hydrogen-bond acceptors (Lipinski definition) is 1. The molecule has 1 aliphatic rings. The van der Waals surface area contributed by atoms with Crippen LogP contribution in [0.15, 0.2) is 0 Å². The fourth-order valence-electron chi connectivity index (χ4n) is 1.89. The highest BCUT2D eigenvalue weighted by molar-refractivity contribution is 4.79. The Morgan fingerprint density at radius 1 is 1.17 bits per heavy atom. The molecule has 0 radical (unpaired) electrons. The van der Waals surface area contributed by atoms with Gasteiger partial charge in [-0.2, -0.15) is 0 Å². The van der Waals surface area contributed by atoms with E-state index in [2.05, 4.69) is 25.9 Å². The van der Waals surface area contributed by atoms with E-state index in [0.717, 1.165) is 12.0 Å². The molecule has 1 saturated carbocycles. The van der Waals surface area contributed by atoms with Crippen LogP contribution in [0.2, 0.25) is 0 Å². The third kappa shape index (κ3) is 3.57. The summed E-state index contributed by atoms with van der Waals surface area (Å²) in [5.74, 6) is 1.02. The number of hydrogen-bond donors (Lipinski definition) is 0. The molecule has 0 aromatic rings. The normalized spacial score (nSPS) is 28.5. The van der Waals surface area contributed by atoms with Crippen molar-refractivity contribution in [3.63, 3.8) is 0 Å². The Labute approximate surface area is 78.1 Å². The average molecular weight is 171 g/mol. The summed E-state index contributed by atoms with van der Waals surface area (Å²) >= 11 is 0. The maximum atomic E-state index is 2.37. The van der Waals surface area contributed by atoms with Crippen molar-refractivity contribution in [1.82, 2.24) is 4.90 Å². The molecule has 0 amide bonds. The molecule has 0 saturated heterocycles. The van der Waals surface area contributed by atoms with Crippen LogP contribution >= 0.6 is 0 Å². The lowest BCUT2D eigenvalue weighted by atomic mass is 10.1. The second-order valence-electron chi connectivity index (χ2n) is 3.70. The monoisotopic (exact) mass is 171 g/mol. The molecule has 1 fully saturated rings. The fraction of sp³-hybridized carbons (Fsp3) is 1.00. The summed E-state index contributed by atoms with van der Waals surface area (Å²) in [5.41, 5.74) is 0. The summed E-state index contributed by atoms with van der Waals surface area (Å²) in [6.45, 7) is 6.31. The first kappa shape index (κ1) is 12.0. The van der Waals surface area contributed by atoms with Gasteiger partial charge in [0.25, 0.3) is 0 Å². The SMILES string of the molecule is CC.CCC1CCC(N(C)C)C1. The van der Waals surface area contributed by atoms with Gasteiger partial charge in [0.2, 0.25) is 0 Å². The van der Waals surface area contributed by atoms with Crippen molar-refractivity contribution in [2.45, 2.75) is 52.5 Å². The summed E-state index contributed by atoms with van der Waals surface area (Å²) in [4.78, 5) is 2.37. The molecular weight excluding hydrogens is 146 g/mol. The first-order chi connectivity index (χ1) is 5.74. The minimum Gasteiger partial charge on any atom is -0.306 e. The molecule has 0 aromatic heterocycles. The smallest absolute Gasteiger partial charge is 0.00919 e. The zero-order chi connectivity index (χ0) is 9.56. The minimum atomic E-state index is 0.880. The van der Waals surface area contributed by atoms with Crippen LogP contribution in [0.4, 0.5) is 0 Å². The van der Waals surface area contributed by atoms with E-state index in [-0.39, 0.29) is 0 Å². The van der Waals surface area contributed by atoms with Crippen molar-refractivity contribution in [3.05, 3.63) is 0 Å². The zero-order valence-corrected chi connectivity index (χ0v) is 9.43. The van der Waals surface area contributed by atoms with Gasteiger partial charge >= 0.3 is 0 Å². The van der Waals surface area contributed by atoms with Gasteiger partial charge in [-0.15, -0.1) is 0 Å². The molecular formula is C11H25N. The number of rotatable bonds is 2. The third-order valence-electron chi connectivity index (χ3n) is 2.82. The van der Waals surface area contributed by atoms with E-state index in [1.54, 1.807) is 0 Å². The lowest BCUT2D eigenvalue weighted by Crippen LogP contribution is -2.24. The number of nitrogens with zero attached hydrogens (tertiary/aromatic N) is 1. The quantitative estimate of drug-likeness (QED) is 0.617. The Kier molecular flexibility index (Phi) is 6.45. The zero-order valence-electron chi connectivity index (χ0n) is 9.43. The van der Waals surface area contributed by atoms with Crippen LogP contribution in [0, 0.1) is 5.92 Å². The molecule has 0 aromatic carbocycles. The van der Waals surface area contributed by atoms with Gasteiger partial charge in [0.1, 0.15) is 0 Å². The van der Waals surface area contributed by atoms with E-state index in [4.69, 9.17) is 0 Å². The molecule has 0 bridgehead atoms. The van der Waals surface area contributed by atoms with Crippen molar-refractivity contribution in [1.29, 1.82) is 0 Å². The van der Waals surface area contributed by atoms with E-state index in [9.17, 15) is 0 Å². The van der Waals surface area contributed by atoms with Crippen LogP contribution in [0.25, 0.3) is 0 Å². The van der Waals surface area contributed by atoms with E-state index < -0.39 is 0 Å². The van der Waals surface area contributed by atoms with Gasteiger partial charge in [-0.3, -0.25) is 0 Å². The van der Waals surface area contributed by atoms with Crippen LogP contribution in [0.1, 0.15) is 46.5 Å². The molecule has 74 valence electrons. The van der Waals surface area contributed by atoms with Gasteiger partial charge in [-0.05, 0) is 39.3 Å². The second kappa shape index (κ2) is 6.47. The Hall–Kier alpha value is -0.0400.